The maximum Gasteiger partial charge on any atom is 0.422 e. The van der Waals surface area contributed by atoms with Gasteiger partial charge in [0, 0.05) is 18.7 Å². The molecule has 160 valence electrons. The van der Waals surface area contributed by atoms with Gasteiger partial charge < -0.3 is 13.7 Å². The molecule has 3 rings (SSSR count). The Kier molecular flexibility index (Phi) is 6.83. The molecule has 0 saturated carbocycles. The van der Waals surface area contributed by atoms with Crippen LogP contribution in [0, 0.1) is 6.92 Å². The van der Waals surface area contributed by atoms with E-state index in [1.54, 1.807) is 11.5 Å². The molecule has 0 aliphatic rings. The van der Waals surface area contributed by atoms with Crippen LogP contribution >= 0.6 is 12.0 Å². The number of rotatable bonds is 8. The number of imidazole rings is 1. The number of aromatic nitrogens is 3. The summed E-state index contributed by atoms with van der Waals surface area (Å²) in [7, 11) is 0. The third-order valence-corrected chi connectivity index (χ3v) is 4.69. The number of ether oxygens (including phenoxy) is 2. The number of nitrogens with zero attached hydrogens (tertiary/aromatic N) is 3. The quantitative estimate of drug-likeness (QED) is 0.378. The molecule has 0 fully saturated rings. The second-order valence-electron chi connectivity index (χ2n) is 6.21. The Morgan fingerprint density at radius 2 is 2.00 bits per heavy atom. The van der Waals surface area contributed by atoms with E-state index in [0.717, 1.165) is 17.6 Å². The van der Waals surface area contributed by atoms with Crippen LogP contribution in [0.3, 0.4) is 0 Å². The Hall–Kier alpha value is -2.79. The lowest BCUT2D eigenvalue weighted by atomic mass is 10.2. The van der Waals surface area contributed by atoms with Crippen molar-refractivity contribution in [1.82, 2.24) is 14.5 Å². The zero-order valence-corrected chi connectivity index (χ0v) is 16.9. The number of carbonyl (C=O) groups is 1. The van der Waals surface area contributed by atoms with Gasteiger partial charge >= 0.3 is 12.1 Å². The summed E-state index contributed by atoms with van der Waals surface area (Å²) in [6.45, 7) is 1.52. The van der Waals surface area contributed by atoms with E-state index >= 15 is 0 Å². The summed E-state index contributed by atoms with van der Waals surface area (Å²) in [5, 5.41) is 0.458. The molecular weight excluding hydrogens is 423 g/mol. The number of carbonyl (C=O) groups excluding carboxylic acids is 1. The summed E-state index contributed by atoms with van der Waals surface area (Å²) in [6, 6.07) is 8.69. The number of esters is 1. The molecule has 2 heterocycles. The molecule has 0 amide bonds. The van der Waals surface area contributed by atoms with E-state index in [2.05, 4.69) is 9.97 Å². The highest BCUT2D eigenvalue weighted by Gasteiger charge is 2.28. The molecule has 0 N–H and O–H groups in total. The summed E-state index contributed by atoms with van der Waals surface area (Å²) in [5.41, 5.74) is 2.36. The minimum Gasteiger partial charge on any atom is -0.484 e. The molecule has 2 aromatic heterocycles. The third-order valence-electron chi connectivity index (χ3n) is 4.00. The lowest BCUT2D eigenvalue weighted by Gasteiger charge is -2.13. The molecule has 0 aliphatic carbocycles. The normalized spacial score (nSPS) is 11.6. The van der Waals surface area contributed by atoms with Crippen LogP contribution in [-0.2, 0) is 27.1 Å². The summed E-state index contributed by atoms with van der Waals surface area (Å²) in [4.78, 5) is 19.8. The SMILES string of the molecule is CC(=O)OCn1c(SOCc2nccc(OCC(F)(F)F)c2C)nc2ccccc21. The number of fused-ring (bicyclic) bond motifs is 1. The summed E-state index contributed by atoms with van der Waals surface area (Å²) in [6.07, 6.45) is -3.07. The molecule has 30 heavy (non-hydrogen) atoms. The van der Waals surface area contributed by atoms with E-state index in [1.165, 1.54) is 19.2 Å². The lowest BCUT2D eigenvalue weighted by molar-refractivity contribution is -0.153. The highest BCUT2D eigenvalue weighted by Crippen LogP contribution is 2.28. The van der Waals surface area contributed by atoms with Gasteiger partial charge in [-0.15, -0.1) is 0 Å². The van der Waals surface area contributed by atoms with Gasteiger partial charge in [-0.25, -0.2) is 4.98 Å². The minimum atomic E-state index is -4.43. The average molecular weight is 441 g/mol. The van der Waals surface area contributed by atoms with E-state index in [9.17, 15) is 18.0 Å². The number of halogens is 3. The number of benzene rings is 1. The second-order valence-corrected chi connectivity index (χ2v) is 6.97. The third kappa shape index (κ3) is 5.63. The molecular formula is C19H18F3N3O4S. The van der Waals surface area contributed by atoms with E-state index in [1.807, 2.05) is 24.3 Å². The van der Waals surface area contributed by atoms with Crippen molar-refractivity contribution >= 4 is 29.0 Å². The van der Waals surface area contributed by atoms with Crippen LogP contribution in [0.25, 0.3) is 11.0 Å². The van der Waals surface area contributed by atoms with Crippen molar-refractivity contribution in [2.24, 2.45) is 0 Å². The summed E-state index contributed by atoms with van der Waals surface area (Å²) < 4.78 is 54.4. The smallest absolute Gasteiger partial charge is 0.422 e. The van der Waals surface area contributed by atoms with Crippen LogP contribution in [-0.4, -0.2) is 33.3 Å². The number of para-hydroxylation sites is 2. The molecule has 3 aromatic rings. The first-order valence-electron chi connectivity index (χ1n) is 8.77. The molecule has 0 radical (unpaired) electrons. The fraction of sp³-hybridized carbons (Fsp3) is 0.316. The molecule has 7 nitrogen and oxygen atoms in total. The Bertz CT molecular complexity index is 1040. The summed E-state index contributed by atoms with van der Waals surface area (Å²) >= 11 is 0.951. The van der Waals surface area contributed by atoms with Gasteiger partial charge in [0.2, 0.25) is 0 Å². The lowest BCUT2D eigenvalue weighted by Crippen LogP contribution is -2.19. The van der Waals surface area contributed by atoms with Crippen LogP contribution < -0.4 is 4.74 Å². The molecule has 0 bridgehead atoms. The fourth-order valence-corrected chi connectivity index (χ4v) is 3.21. The molecule has 0 spiro atoms. The van der Waals surface area contributed by atoms with Gasteiger partial charge in [0.15, 0.2) is 18.5 Å². The Labute approximate surface area is 174 Å². The topological polar surface area (TPSA) is 75.5 Å². The standard InChI is InChI=1S/C19H18F3N3O4S/c1-12-15(23-8-7-17(12)27-10-19(20,21)22)9-29-30-18-24-14-5-3-4-6-16(14)25(18)11-28-13(2)26/h3-8H,9-11H2,1-2H3. The maximum atomic E-state index is 12.4. The monoisotopic (exact) mass is 441 g/mol. The number of pyridine rings is 1. The molecule has 0 atom stereocenters. The number of alkyl halides is 3. The van der Waals surface area contributed by atoms with Crippen molar-refractivity contribution in [1.29, 1.82) is 0 Å². The van der Waals surface area contributed by atoms with E-state index in [-0.39, 0.29) is 19.1 Å². The van der Waals surface area contributed by atoms with Crippen LogP contribution in [0.1, 0.15) is 18.2 Å². The minimum absolute atomic E-state index is 0.0104. The molecule has 0 aliphatic heterocycles. The van der Waals surface area contributed by atoms with E-state index in [4.69, 9.17) is 13.7 Å². The average Bonchev–Trinajstić information content (AvgIpc) is 3.03. The van der Waals surface area contributed by atoms with Gasteiger partial charge in [0.1, 0.15) is 12.4 Å². The van der Waals surface area contributed by atoms with Crippen LogP contribution in [0.5, 0.6) is 5.75 Å². The van der Waals surface area contributed by atoms with Crippen molar-refractivity contribution in [3.63, 3.8) is 0 Å². The zero-order chi connectivity index (χ0) is 21.7. The maximum absolute atomic E-state index is 12.4. The molecule has 0 saturated heterocycles. The van der Waals surface area contributed by atoms with Gasteiger partial charge in [-0.2, -0.15) is 13.2 Å². The first-order chi connectivity index (χ1) is 14.2. The van der Waals surface area contributed by atoms with Crippen molar-refractivity contribution in [3.05, 3.63) is 47.8 Å². The van der Waals surface area contributed by atoms with Crippen molar-refractivity contribution in [2.75, 3.05) is 6.61 Å². The highest BCUT2D eigenvalue weighted by molar-refractivity contribution is 7.94. The van der Waals surface area contributed by atoms with Crippen LogP contribution in [0.4, 0.5) is 13.2 Å². The number of hydrogen-bond donors (Lipinski definition) is 0. The Morgan fingerprint density at radius 3 is 2.73 bits per heavy atom. The highest BCUT2D eigenvalue weighted by atomic mass is 32.2. The van der Waals surface area contributed by atoms with Crippen molar-refractivity contribution < 1.29 is 31.6 Å². The largest absolute Gasteiger partial charge is 0.484 e. The molecule has 11 heteroatoms. The van der Waals surface area contributed by atoms with Gasteiger partial charge in [-0.05, 0) is 25.1 Å². The molecule has 1 aromatic carbocycles. The van der Waals surface area contributed by atoms with Gasteiger partial charge in [0.25, 0.3) is 0 Å². The predicted molar refractivity (Wildman–Crippen MR) is 103 cm³/mol. The fourth-order valence-electron chi connectivity index (χ4n) is 2.56. The first kappa shape index (κ1) is 21.9. The first-order valence-corrected chi connectivity index (χ1v) is 9.51. The molecule has 0 unspecified atom stereocenters. The number of hydrogen-bond acceptors (Lipinski definition) is 7. The van der Waals surface area contributed by atoms with Crippen molar-refractivity contribution in [2.45, 2.75) is 38.5 Å². The van der Waals surface area contributed by atoms with Gasteiger partial charge in [0.05, 0.1) is 28.8 Å². The van der Waals surface area contributed by atoms with E-state index in [0.29, 0.717) is 21.9 Å². The Morgan fingerprint density at radius 1 is 1.23 bits per heavy atom. The van der Waals surface area contributed by atoms with E-state index < -0.39 is 18.8 Å². The van der Waals surface area contributed by atoms with Crippen LogP contribution in [0.15, 0.2) is 41.7 Å². The Balaban J connectivity index is 1.70. The van der Waals surface area contributed by atoms with Crippen LogP contribution in [0.2, 0.25) is 0 Å². The predicted octanol–water partition coefficient (Wildman–Crippen LogP) is 4.43. The van der Waals surface area contributed by atoms with Gasteiger partial charge in [-0.1, -0.05) is 12.1 Å². The second kappa shape index (κ2) is 9.35. The van der Waals surface area contributed by atoms with Crippen molar-refractivity contribution in [3.8, 4) is 5.75 Å². The van der Waals surface area contributed by atoms with Gasteiger partial charge in [-0.3, -0.25) is 14.3 Å². The summed E-state index contributed by atoms with van der Waals surface area (Å²) in [5.74, 6) is -0.340. The zero-order valence-electron chi connectivity index (χ0n) is 16.1.